The van der Waals surface area contributed by atoms with Crippen molar-refractivity contribution >= 4 is 33.2 Å². The van der Waals surface area contributed by atoms with E-state index >= 15 is 0 Å². The summed E-state index contributed by atoms with van der Waals surface area (Å²) in [5.74, 6) is -0.0468. The molecule has 1 aliphatic rings. The molecular weight excluding hydrogens is 376 g/mol. The van der Waals surface area contributed by atoms with Crippen molar-refractivity contribution in [1.29, 1.82) is 0 Å². The van der Waals surface area contributed by atoms with Gasteiger partial charge < -0.3 is 15.5 Å². The summed E-state index contributed by atoms with van der Waals surface area (Å²) in [6.07, 6.45) is 2.52. The summed E-state index contributed by atoms with van der Waals surface area (Å²) in [7, 11) is 3.40. The van der Waals surface area contributed by atoms with Crippen LogP contribution < -0.4 is 10.6 Å². The zero-order valence-electron chi connectivity index (χ0n) is 15.8. The molecule has 2 N–H and O–H groups in total. The van der Waals surface area contributed by atoms with Gasteiger partial charge in [-0.3, -0.25) is 9.59 Å². The Morgan fingerprint density at radius 1 is 1.39 bits per heavy atom. The number of hydrogen-bond acceptors (Lipinski definition) is 6. The third-order valence-electron chi connectivity index (χ3n) is 4.98. The van der Waals surface area contributed by atoms with Crippen molar-refractivity contribution in [2.24, 2.45) is 0 Å². The topological polar surface area (TPSA) is 92.2 Å². The number of likely N-dealkylation sites (N-methyl/N-ethyl adjacent to an activating group) is 1. The van der Waals surface area contributed by atoms with Gasteiger partial charge in [0.25, 0.3) is 5.91 Å². The van der Waals surface area contributed by atoms with Gasteiger partial charge in [0.1, 0.15) is 5.69 Å². The van der Waals surface area contributed by atoms with E-state index in [9.17, 15) is 9.59 Å². The highest BCUT2D eigenvalue weighted by Crippen LogP contribution is 2.26. The van der Waals surface area contributed by atoms with E-state index in [1.54, 1.807) is 23.7 Å². The molecule has 0 unspecified atom stereocenters. The second kappa shape index (κ2) is 7.69. The minimum absolute atomic E-state index is 0.0171. The molecule has 0 radical (unpaired) electrons. The van der Waals surface area contributed by atoms with Crippen LogP contribution in [0.3, 0.4) is 0 Å². The molecule has 2 atom stereocenters. The maximum Gasteiger partial charge on any atom is 0.264 e. The van der Waals surface area contributed by atoms with Gasteiger partial charge in [-0.05, 0) is 23.9 Å². The van der Waals surface area contributed by atoms with E-state index in [0.717, 1.165) is 15.8 Å². The number of nitrogens with one attached hydrogen (secondary N) is 2. The lowest BCUT2D eigenvalue weighted by Crippen LogP contribution is -2.38. The first kappa shape index (κ1) is 18.6. The Balaban J connectivity index is 1.40. The monoisotopic (exact) mass is 398 g/mol. The molecule has 1 aliphatic heterocycles. The fourth-order valence-electron chi connectivity index (χ4n) is 3.45. The van der Waals surface area contributed by atoms with E-state index < -0.39 is 0 Å². The second-order valence-corrected chi connectivity index (χ2v) is 8.05. The minimum Gasteiger partial charge on any atom is -0.358 e. The molecule has 0 aliphatic carbocycles. The molecule has 28 heavy (non-hydrogen) atoms. The Bertz CT molecular complexity index is 980. The number of benzene rings is 1. The van der Waals surface area contributed by atoms with Crippen molar-refractivity contribution in [3.8, 4) is 0 Å². The lowest BCUT2D eigenvalue weighted by atomic mass is 10.1. The molecule has 2 amide bonds. The molecule has 9 heteroatoms. The van der Waals surface area contributed by atoms with Gasteiger partial charge >= 0.3 is 0 Å². The van der Waals surface area contributed by atoms with Crippen molar-refractivity contribution in [1.82, 2.24) is 30.5 Å². The molecule has 2 aromatic heterocycles. The Labute approximate surface area is 166 Å². The van der Waals surface area contributed by atoms with E-state index in [1.807, 2.05) is 36.5 Å². The summed E-state index contributed by atoms with van der Waals surface area (Å²) in [6, 6.07) is 9.77. The van der Waals surface area contributed by atoms with Gasteiger partial charge in [0, 0.05) is 25.3 Å². The van der Waals surface area contributed by atoms with Crippen LogP contribution in [0.5, 0.6) is 0 Å². The zero-order valence-corrected chi connectivity index (χ0v) is 16.6. The SMILES string of the molecule is CNC(=O)[C@@H]1C[C@H](n2cc(CN(C)C(=O)c3cc4ccccc4s3)nn2)CN1. The Kier molecular flexibility index (Phi) is 5.10. The smallest absolute Gasteiger partial charge is 0.264 e. The van der Waals surface area contributed by atoms with Gasteiger partial charge in [0.15, 0.2) is 0 Å². The van der Waals surface area contributed by atoms with E-state index in [4.69, 9.17) is 0 Å². The van der Waals surface area contributed by atoms with Crippen LogP contribution in [-0.4, -0.2) is 58.4 Å². The molecule has 0 spiro atoms. The van der Waals surface area contributed by atoms with E-state index in [0.29, 0.717) is 24.4 Å². The Morgan fingerprint density at radius 2 is 2.21 bits per heavy atom. The fraction of sp³-hybridized carbons (Fsp3) is 0.368. The second-order valence-electron chi connectivity index (χ2n) is 6.96. The molecule has 3 heterocycles. The summed E-state index contributed by atoms with van der Waals surface area (Å²) >= 11 is 1.50. The number of nitrogens with zero attached hydrogens (tertiary/aromatic N) is 4. The fourth-order valence-corrected chi connectivity index (χ4v) is 4.50. The number of rotatable bonds is 5. The third kappa shape index (κ3) is 3.63. The quantitative estimate of drug-likeness (QED) is 0.678. The van der Waals surface area contributed by atoms with Crippen LogP contribution in [0.1, 0.15) is 27.8 Å². The van der Waals surface area contributed by atoms with Gasteiger partial charge in [0.05, 0.1) is 29.7 Å². The first-order valence-corrected chi connectivity index (χ1v) is 9.96. The highest BCUT2D eigenvalue weighted by atomic mass is 32.1. The van der Waals surface area contributed by atoms with E-state index in [1.165, 1.54) is 11.3 Å². The summed E-state index contributed by atoms with van der Waals surface area (Å²) in [4.78, 5) is 26.9. The molecule has 3 aromatic rings. The number of carbonyl (C=O) groups excluding carboxylic acids is 2. The van der Waals surface area contributed by atoms with E-state index in [2.05, 4.69) is 20.9 Å². The number of carbonyl (C=O) groups is 2. The van der Waals surface area contributed by atoms with Crippen molar-refractivity contribution in [3.05, 3.63) is 47.1 Å². The molecule has 1 aromatic carbocycles. The lowest BCUT2D eigenvalue weighted by Gasteiger charge is -2.14. The van der Waals surface area contributed by atoms with Gasteiger partial charge in [-0.15, -0.1) is 16.4 Å². The van der Waals surface area contributed by atoms with Crippen LogP contribution in [0, 0.1) is 0 Å². The van der Waals surface area contributed by atoms with Crippen LogP contribution in [0.15, 0.2) is 36.5 Å². The van der Waals surface area contributed by atoms with Crippen LogP contribution in [0.2, 0.25) is 0 Å². The van der Waals surface area contributed by atoms with Crippen LogP contribution in [-0.2, 0) is 11.3 Å². The van der Waals surface area contributed by atoms with Crippen LogP contribution in [0.4, 0.5) is 0 Å². The lowest BCUT2D eigenvalue weighted by molar-refractivity contribution is -0.122. The van der Waals surface area contributed by atoms with E-state index in [-0.39, 0.29) is 23.9 Å². The number of thiophene rings is 1. The number of amides is 2. The van der Waals surface area contributed by atoms with Crippen molar-refractivity contribution in [2.75, 3.05) is 20.6 Å². The molecule has 1 saturated heterocycles. The number of aromatic nitrogens is 3. The largest absolute Gasteiger partial charge is 0.358 e. The van der Waals surface area contributed by atoms with Gasteiger partial charge in [0.2, 0.25) is 5.91 Å². The van der Waals surface area contributed by atoms with Crippen LogP contribution >= 0.6 is 11.3 Å². The van der Waals surface area contributed by atoms with Crippen molar-refractivity contribution in [2.45, 2.75) is 25.0 Å². The number of hydrogen-bond donors (Lipinski definition) is 2. The predicted molar refractivity (Wildman–Crippen MR) is 107 cm³/mol. The Hall–Kier alpha value is -2.78. The molecular formula is C19H22N6O2S. The zero-order chi connectivity index (χ0) is 19.7. The predicted octanol–water partition coefficient (Wildman–Crippen LogP) is 1.41. The average Bonchev–Trinajstić information content (AvgIpc) is 3.44. The summed E-state index contributed by atoms with van der Waals surface area (Å²) in [6.45, 7) is 1.05. The average molecular weight is 398 g/mol. The normalized spacial score (nSPS) is 19.1. The first-order valence-electron chi connectivity index (χ1n) is 9.15. The van der Waals surface area contributed by atoms with Crippen molar-refractivity contribution < 1.29 is 9.59 Å². The first-order chi connectivity index (χ1) is 13.5. The minimum atomic E-state index is -0.208. The standard InChI is InChI=1S/C19H22N6O2S/c1-20-18(26)15-8-14(9-21-15)25-11-13(22-23-25)10-24(2)19(27)17-7-12-5-3-4-6-16(12)28-17/h3-7,11,14-15,21H,8-10H2,1-2H3,(H,20,26)/t14-,15-/m0/s1. The van der Waals surface area contributed by atoms with Gasteiger partial charge in [-0.25, -0.2) is 4.68 Å². The summed E-state index contributed by atoms with van der Waals surface area (Å²) < 4.78 is 2.88. The Morgan fingerprint density at radius 3 is 3.00 bits per heavy atom. The maximum atomic E-state index is 12.8. The summed E-state index contributed by atoms with van der Waals surface area (Å²) in [5.41, 5.74) is 0.723. The third-order valence-corrected chi connectivity index (χ3v) is 6.09. The molecule has 4 rings (SSSR count). The molecule has 0 saturated carbocycles. The molecule has 8 nitrogen and oxygen atoms in total. The maximum absolute atomic E-state index is 12.8. The highest BCUT2D eigenvalue weighted by Gasteiger charge is 2.30. The van der Waals surface area contributed by atoms with Crippen molar-refractivity contribution in [3.63, 3.8) is 0 Å². The summed E-state index contributed by atoms with van der Waals surface area (Å²) in [5, 5.41) is 15.3. The highest BCUT2D eigenvalue weighted by molar-refractivity contribution is 7.20. The molecule has 1 fully saturated rings. The van der Waals surface area contributed by atoms with Gasteiger partial charge in [-0.1, -0.05) is 23.4 Å². The number of fused-ring (bicyclic) bond motifs is 1. The molecule has 146 valence electrons. The van der Waals surface area contributed by atoms with Crippen LogP contribution in [0.25, 0.3) is 10.1 Å². The van der Waals surface area contributed by atoms with Gasteiger partial charge in [-0.2, -0.15) is 0 Å². The molecule has 0 bridgehead atoms.